The fourth-order valence-electron chi connectivity index (χ4n) is 5.01. The van der Waals surface area contributed by atoms with Gasteiger partial charge in [0, 0.05) is 40.2 Å². The average Bonchev–Trinajstić information content (AvgIpc) is 3.09. The molecule has 324 valence electrons. The Bertz CT molecular complexity index is 1590. The molecule has 0 fully saturated rings. The predicted octanol–water partition coefficient (Wildman–Crippen LogP) is -0.483. The zero-order valence-corrected chi connectivity index (χ0v) is 33.7. The number of phenols is 1. The van der Waals surface area contributed by atoms with E-state index in [1.54, 1.807) is 26.0 Å². The molecular weight excluding hydrogens is 758 g/mol. The standard InChI is InChI=1S/C32H49N9O5.3C2H4O2/c1-19-15-22(42)16-20(2)23(19)18-27(41-29(44)24(34)11-8-14-38-32(36)37)31(46)39-25(12-6-7-13-33)30(45)40-26(28(35)43)17-21-9-4-3-5-10-21;3*1-2(3)4/h3-5,9-10,15-16,24-27,42H,6-8,11-14,17-18,33-34H2,1-2H3,(H2,35,43)(H,39,46)(H,40,45)(H,41,44)(H4,36,37,38);3*1H3,(H,3,4). The third kappa shape index (κ3) is 27.3. The molecule has 2 aromatic rings. The largest absolute Gasteiger partial charge is 0.508 e. The van der Waals surface area contributed by atoms with E-state index in [9.17, 15) is 24.3 Å². The van der Waals surface area contributed by atoms with Gasteiger partial charge in [-0.05, 0) is 86.9 Å². The molecule has 4 unspecified atom stereocenters. The number of carbonyl (C=O) groups excluding carboxylic acids is 4. The summed E-state index contributed by atoms with van der Waals surface area (Å²) in [4.78, 5) is 83.6. The number of phenolic OH excluding ortho intramolecular Hbond substituents is 1. The van der Waals surface area contributed by atoms with Gasteiger partial charge in [-0.1, -0.05) is 30.3 Å². The number of benzene rings is 2. The van der Waals surface area contributed by atoms with Crippen LogP contribution >= 0.6 is 0 Å². The summed E-state index contributed by atoms with van der Waals surface area (Å²) < 4.78 is 0. The molecule has 0 aromatic heterocycles. The topological polar surface area (TPSA) is 379 Å². The number of hydrogen-bond acceptors (Lipinski definition) is 11. The first-order valence-electron chi connectivity index (χ1n) is 18.1. The Morgan fingerprint density at radius 3 is 1.60 bits per heavy atom. The second-order valence-electron chi connectivity index (χ2n) is 12.9. The summed E-state index contributed by atoms with van der Waals surface area (Å²) in [6.07, 6.45) is 2.27. The Kier molecular flexibility index (Phi) is 27.8. The van der Waals surface area contributed by atoms with Gasteiger partial charge in [0.1, 0.15) is 23.9 Å². The number of carboxylic acid groups (broad SMARTS) is 3. The molecule has 2 rings (SSSR count). The first-order chi connectivity index (χ1) is 27.0. The molecule has 58 heavy (non-hydrogen) atoms. The van der Waals surface area contributed by atoms with E-state index in [2.05, 4.69) is 20.9 Å². The molecule has 0 heterocycles. The van der Waals surface area contributed by atoms with Crippen molar-refractivity contribution in [2.75, 3.05) is 13.1 Å². The molecule has 0 saturated carbocycles. The number of carbonyl (C=O) groups is 7. The smallest absolute Gasteiger partial charge is 0.300 e. The Morgan fingerprint density at radius 2 is 1.14 bits per heavy atom. The van der Waals surface area contributed by atoms with Crippen LogP contribution in [0, 0.1) is 13.8 Å². The van der Waals surface area contributed by atoms with Crippen LogP contribution in [0.3, 0.4) is 0 Å². The average molecular weight is 820 g/mol. The van der Waals surface area contributed by atoms with Crippen LogP contribution in [0.25, 0.3) is 0 Å². The summed E-state index contributed by atoms with van der Waals surface area (Å²) in [5.74, 6) is -5.01. The minimum atomic E-state index is -1.13. The Balaban J connectivity index is 0. The summed E-state index contributed by atoms with van der Waals surface area (Å²) >= 11 is 0. The van der Waals surface area contributed by atoms with Crippen LogP contribution in [0.15, 0.2) is 47.5 Å². The van der Waals surface area contributed by atoms with Gasteiger partial charge in [0.2, 0.25) is 23.6 Å². The van der Waals surface area contributed by atoms with Gasteiger partial charge in [0.15, 0.2) is 5.96 Å². The van der Waals surface area contributed by atoms with Crippen molar-refractivity contribution in [1.82, 2.24) is 16.0 Å². The molecule has 0 aliphatic carbocycles. The van der Waals surface area contributed by atoms with Crippen molar-refractivity contribution >= 4 is 47.5 Å². The lowest BCUT2D eigenvalue weighted by Crippen LogP contribution is -2.58. The maximum Gasteiger partial charge on any atom is 0.300 e. The number of hydrogen-bond donors (Lipinski definition) is 12. The Labute approximate surface area is 338 Å². The van der Waals surface area contributed by atoms with Crippen LogP contribution in [0.1, 0.15) is 75.1 Å². The van der Waals surface area contributed by atoms with E-state index in [-0.39, 0.29) is 43.9 Å². The van der Waals surface area contributed by atoms with Crippen LogP contribution in [0.5, 0.6) is 5.75 Å². The molecule has 0 aliphatic heterocycles. The molecule has 20 nitrogen and oxygen atoms in total. The van der Waals surface area contributed by atoms with Gasteiger partial charge in [0.05, 0.1) is 6.04 Å². The van der Waals surface area contributed by atoms with Crippen molar-refractivity contribution in [1.29, 1.82) is 0 Å². The summed E-state index contributed by atoms with van der Waals surface area (Å²) in [5.41, 5.74) is 31.1. The van der Waals surface area contributed by atoms with E-state index in [1.165, 1.54) is 0 Å². The number of guanidine groups is 1. The second-order valence-corrected chi connectivity index (χ2v) is 12.9. The zero-order chi connectivity index (χ0) is 45.0. The molecule has 4 atom stereocenters. The lowest BCUT2D eigenvalue weighted by atomic mass is 9.95. The van der Waals surface area contributed by atoms with Crippen molar-refractivity contribution in [3.63, 3.8) is 0 Å². The lowest BCUT2D eigenvalue weighted by Gasteiger charge is -2.26. The van der Waals surface area contributed by atoms with Crippen molar-refractivity contribution in [2.24, 2.45) is 33.7 Å². The molecule has 0 spiro atoms. The molecule has 4 amide bonds. The van der Waals surface area contributed by atoms with Crippen molar-refractivity contribution < 1.29 is 54.0 Å². The Morgan fingerprint density at radius 1 is 0.672 bits per heavy atom. The number of rotatable bonds is 19. The van der Waals surface area contributed by atoms with Gasteiger partial charge in [-0.3, -0.25) is 38.6 Å². The molecule has 0 saturated heterocycles. The van der Waals surface area contributed by atoms with Gasteiger partial charge in [-0.2, -0.15) is 0 Å². The highest BCUT2D eigenvalue weighted by Gasteiger charge is 2.30. The number of amides is 4. The summed E-state index contributed by atoms with van der Waals surface area (Å²) in [6.45, 7) is 7.50. The fraction of sp³-hybridized carbons (Fsp3) is 0.474. The van der Waals surface area contributed by atoms with E-state index in [0.29, 0.717) is 36.9 Å². The third-order valence-electron chi connectivity index (χ3n) is 7.55. The number of aryl methyl sites for hydroxylation is 2. The minimum Gasteiger partial charge on any atom is -0.508 e. The van der Waals surface area contributed by atoms with E-state index in [0.717, 1.165) is 31.9 Å². The van der Waals surface area contributed by atoms with E-state index in [1.807, 2.05) is 30.3 Å². The number of nitrogens with one attached hydrogen (secondary N) is 3. The monoisotopic (exact) mass is 819 g/mol. The highest BCUT2D eigenvalue weighted by atomic mass is 16.4. The Hall–Kier alpha value is -6.28. The molecule has 0 radical (unpaired) electrons. The highest BCUT2D eigenvalue weighted by Crippen LogP contribution is 2.22. The number of unbranched alkanes of at least 4 members (excludes halogenated alkanes) is 1. The number of aliphatic carboxylic acids is 3. The van der Waals surface area contributed by atoms with Crippen molar-refractivity contribution in [3.8, 4) is 5.75 Å². The molecule has 17 N–H and O–H groups in total. The first kappa shape index (κ1) is 53.8. The predicted molar refractivity (Wildman–Crippen MR) is 217 cm³/mol. The van der Waals surface area contributed by atoms with Crippen LogP contribution in [0.2, 0.25) is 0 Å². The third-order valence-corrected chi connectivity index (χ3v) is 7.55. The van der Waals surface area contributed by atoms with Gasteiger partial charge in [0.25, 0.3) is 17.9 Å². The van der Waals surface area contributed by atoms with Crippen LogP contribution < -0.4 is 44.6 Å². The second kappa shape index (κ2) is 29.9. The molecule has 2 aromatic carbocycles. The van der Waals surface area contributed by atoms with Crippen LogP contribution in [0.4, 0.5) is 0 Å². The first-order valence-corrected chi connectivity index (χ1v) is 18.1. The SMILES string of the molecule is CC(=O)O.CC(=O)O.CC(=O)O.Cc1cc(O)cc(C)c1CC(NC(=O)C(N)CCCN=C(N)N)C(=O)NC(CCCCN)C(=O)NC(Cc1ccccc1)C(N)=O. The lowest BCUT2D eigenvalue weighted by molar-refractivity contribution is -0.135. The molecule has 20 heteroatoms. The van der Waals surface area contributed by atoms with Gasteiger partial charge in [-0.25, -0.2) is 0 Å². The van der Waals surface area contributed by atoms with Crippen LogP contribution in [-0.2, 0) is 46.4 Å². The number of carboxylic acids is 3. The summed E-state index contributed by atoms with van der Waals surface area (Å²) in [5, 5.41) is 40.5. The van der Waals surface area contributed by atoms with E-state index < -0.39 is 65.7 Å². The van der Waals surface area contributed by atoms with Crippen molar-refractivity contribution in [2.45, 2.75) is 104 Å². The highest BCUT2D eigenvalue weighted by molar-refractivity contribution is 5.94. The molecule has 0 aliphatic rings. The van der Waals surface area contributed by atoms with Gasteiger partial charge < -0.3 is 65.0 Å². The number of nitrogens with zero attached hydrogens (tertiary/aromatic N) is 1. The molecular formula is C38H61N9O11. The van der Waals surface area contributed by atoms with Crippen molar-refractivity contribution in [3.05, 3.63) is 64.7 Å². The summed E-state index contributed by atoms with van der Waals surface area (Å²) in [6, 6.07) is 8.07. The van der Waals surface area contributed by atoms with E-state index >= 15 is 0 Å². The number of aliphatic imine (C=N–C) groups is 1. The molecule has 0 bridgehead atoms. The van der Waals surface area contributed by atoms with E-state index in [4.69, 9.17) is 58.4 Å². The van der Waals surface area contributed by atoms with Gasteiger partial charge >= 0.3 is 0 Å². The normalized spacial score (nSPS) is 12.0. The maximum atomic E-state index is 13.8. The summed E-state index contributed by atoms with van der Waals surface area (Å²) in [7, 11) is 0. The fourth-order valence-corrected chi connectivity index (χ4v) is 5.01. The number of nitrogens with two attached hydrogens (primary N) is 5. The maximum absolute atomic E-state index is 13.8. The number of primary amides is 1. The quantitative estimate of drug-likeness (QED) is 0.0484. The van der Waals surface area contributed by atoms with Crippen LogP contribution in [-0.4, -0.2) is 105 Å². The number of aromatic hydroxyl groups is 1. The zero-order valence-electron chi connectivity index (χ0n) is 33.7. The minimum absolute atomic E-state index is 0.0608. The van der Waals surface area contributed by atoms with Gasteiger partial charge in [-0.15, -0.1) is 0 Å².